The van der Waals surface area contributed by atoms with E-state index in [-0.39, 0.29) is 17.1 Å². The Kier molecular flexibility index (Phi) is 11.1. The molecule has 0 aliphatic rings. The predicted octanol–water partition coefficient (Wildman–Crippen LogP) is 6.38. The molecule has 0 fully saturated rings. The maximum absolute atomic E-state index is 11.2. The molecule has 1 N–H and O–H groups in total. The van der Waals surface area contributed by atoms with Crippen molar-refractivity contribution in [3.8, 4) is 0 Å². The maximum Gasteiger partial charge on any atom is 0.301 e. The first kappa shape index (κ1) is 23.3. The van der Waals surface area contributed by atoms with Gasteiger partial charge >= 0.3 is 5.69 Å². The molecular weight excluding hydrogens is 360 g/mol. The second-order valence-corrected chi connectivity index (χ2v) is 6.67. The van der Waals surface area contributed by atoms with Crippen LogP contribution >= 0.6 is 0 Å². The van der Waals surface area contributed by atoms with Gasteiger partial charge in [-0.05, 0) is 37.3 Å². The normalized spacial score (nSPS) is 11.7. The van der Waals surface area contributed by atoms with Crippen LogP contribution in [0.2, 0.25) is 0 Å². The summed E-state index contributed by atoms with van der Waals surface area (Å²) in [5, 5.41) is 26.1. The lowest BCUT2D eigenvalue weighted by molar-refractivity contribution is -0.393. The van der Waals surface area contributed by atoms with Crippen LogP contribution in [0.3, 0.4) is 0 Å². The highest BCUT2D eigenvalue weighted by molar-refractivity contribution is 5.79. The third-order valence-corrected chi connectivity index (χ3v) is 4.34. The number of allylic oxidation sites excluding steroid dienone is 2. The second kappa shape index (κ2) is 13.4. The fourth-order valence-corrected chi connectivity index (χ4v) is 2.72. The molecule has 1 aromatic rings. The minimum absolute atomic E-state index is 0.128. The minimum Gasteiger partial charge on any atom is -0.272 e. The van der Waals surface area contributed by atoms with E-state index in [1.54, 1.807) is 6.21 Å². The molecule has 154 valence electrons. The van der Waals surface area contributed by atoms with Crippen molar-refractivity contribution in [2.45, 2.75) is 71.6 Å². The zero-order chi connectivity index (χ0) is 20.8. The van der Waals surface area contributed by atoms with Gasteiger partial charge in [-0.3, -0.25) is 25.7 Å². The number of nitrogens with zero attached hydrogens (tertiary/aromatic N) is 3. The highest BCUT2D eigenvalue weighted by Gasteiger charge is 2.19. The van der Waals surface area contributed by atoms with Crippen LogP contribution in [-0.4, -0.2) is 16.1 Å². The quantitative estimate of drug-likeness (QED) is 0.171. The number of non-ortho nitro benzene ring substituents is 1. The Labute approximate surface area is 166 Å². The Morgan fingerprint density at radius 1 is 1.04 bits per heavy atom. The van der Waals surface area contributed by atoms with Gasteiger partial charge in [0.25, 0.3) is 5.69 Å². The zero-order valence-electron chi connectivity index (χ0n) is 16.7. The number of nitro benzene ring substituents is 2. The van der Waals surface area contributed by atoms with E-state index in [2.05, 4.69) is 30.5 Å². The number of hydrazone groups is 1. The van der Waals surface area contributed by atoms with E-state index in [4.69, 9.17) is 0 Å². The molecule has 1 aromatic carbocycles. The zero-order valence-corrected chi connectivity index (χ0v) is 16.7. The summed E-state index contributed by atoms with van der Waals surface area (Å²) in [4.78, 5) is 20.7. The van der Waals surface area contributed by atoms with Crippen LogP contribution in [0.15, 0.2) is 34.9 Å². The lowest BCUT2D eigenvalue weighted by Gasteiger charge is -2.04. The molecule has 0 aliphatic heterocycles. The number of hydrogen-bond donors (Lipinski definition) is 1. The van der Waals surface area contributed by atoms with Gasteiger partial charge in [0, 0.05) is 6.07 Å². The van der Waals surface area contributed by atoms with Crippen LogP contribution in [0.25, 0.3) is 0 Å². The van der Waals surface area contributed by atoms with E-state index in [0.29, 0.717) is 0 Å². The van der Waals surface area contributed by atoms with Gasteiger partial charge < -0.3 is 0 Å². The molecule has 0 saturated carbocycles. The molecular formula is C20H30N4O4. The molecule has 0 atom stereocenters. The van der Waals surface area contributed by atoms with Gasteiger partial charge in [0.05, 0.1) is 22.1 Å². The first-order valence-corrected chi connectivity index (χ1v) is 9.90. The van der Waals surface area contributed by atoms with Crippen molar-refractivity contribution in [2.75, 3.05) is 5.43 Å². The summed E-state index contributed by atoms with van der Waals surface area (Å²) < 4.78 is 0. The third kappa shape index (κ3) is 8.75. The number of hydrogen-bond acceptors (Lipinski definition) is 6. The average Bonchev–Trinajstić information content (AvgIpc) is 2.67. The van der Waals surface area contributed by atoms with Crippen LogP contribution in [0.1, 0.15) is 71.6 Å². The topological polar surface area (TPSA) is 111 Å². The SMILES string of the molecule is CCCCCCC=C(C=NNc1ccc([N+](=O)[O-])cc1[N+](=O)[O-])CCCCC. The highest BCUT2D eigenvalue weighted by atomic mass is 16.6. The standard InChI is InChI=1S/C20H30N4O4/c1-3-5-7-8-10-12-17(11-9-6-4-2)16-21-22-19-14-13-18(23(25)26)15-20(19)24(27)28/h12-16,22H,3-11H2,1-2H3. The van der Waals surface area contributed by atoms with Crippen molar-refractivity contribution in [3.05, 3.63) is 50.1 Å². The monoisotopic (exact) mass is 390 g/mol. The van der Waals surface area contributed by atoms with E-state index >= 15 is 0 Å². The molecule has 0 aromatic heterocycles. The lowest BCUT2D eigenvalue weighted by Crippen LogP contribution is -1.99. The molecule has 0 amide bonds. The van der Waals surface area contributed by atoms with E-state index in [1.807, 2.05) is 0 Å². The van der Waals surface area contributed by atoms with E-state index in [0.717, 1.165) is 50.2 Å². The Morgan fingerprint density at radius 2 is 1.75 bits per heavy atom. The Bertz CT molecular complexity index is 701. The summed E-state index contributed by atoms with van der Waals surface area (Å²) in [6, 6.07) is 3.46. The smallest absolute Gasteiger partial charge is 0.272 e. The van der Waals surface area contributed by atoms with Gasteiger partial charge in [-0.1, -0.05) is 52.0 Å². The largest absolute Gasteiger partial charge is 0.301 e. The number of anilines is 1. The van der Waals surface area contributed by atoms with Gasteiger partial charge in [0.1, 0.15) is 5.69 Å². The number of nitrogens with one attached hydrogen (secondary N) is 1. The summed E-state index contributed by atoms with van der Waals surface area (Å²) in [6.07, 6.45) is 13.9. The maximum atomic E-state index is 11.2. The van der Waals surface area contributed by atoms with Crippen molar-refractivity contribution in [1.82, 2.24) is 0 Å². The summed E-state index contributed by atoms with van der Waals surface area (Å²) in [5.41, 5.74) is 3.19. The number of rotatable bonds is 14. The minimum atomic E-state index is -0.660. The van der Waals surface area contributed by atoms with Crippen molar-refractivity contribution >= 4 is 23.3 Å². The Hall–Kier alpha value is -2.77. The van der Waals surface area contributed by atoms with Gasteiger partial charge in [-0.25, -0.2) is 0 Å². The first-order valence-electron chi connectivity index (χ1n) is 9.90. The molecule has 28 heavy (non-hydrogen) atoms. The van der Waals surface area contributed by atoms with Crippen molar-refractivity contribution in [2.24, 2.45) is 5.10 Å². The number of benzene rings is 1. The van der Waals surface area contributed by atoms with E-state index < -0.39 is 9.85 Å². The third-order valence-electron chi connectivity index (χ3n) is 4.34. The molecule has 0 bridgehead atoms. The van der Waals surface area contributed by atoms with Crippen molar-refractivity contribution < 1.29 is 9.85 Å². The molecule has 0 unspecified atom stereocenters. The summed E-state index contributed by atoms with van der Waals surface area (Å²) in [5.74, 6) is 0. The van der Waals surface area contributed by atoms with Gasteiger partial charge in [0.2, 0.25) is 0 Å². The lowest BCUT2D eigenvalue weighted by atomic mass is 10.1. The molecule has 0 radical (unpaired) electrons. The Balaban J connectivity index is 2.81. The average molecular weight is 390 g/mol. The summed E-state index contributed by atoms with van der Waals surface area (Å²) in [7, 11) is 0. The molecule has 1 rings (SSSR count). The van der Waals surface area contributed by atoms with Gasteiger partial charge in [0.15, 0.2) is 0 Å². The van der Waals surface area contributed by atoms with Crippen molar-refractivity contribution in [3.63, 3.8) is 0 Å². The summed E-state index contributed by atoms with van der Waals surface area (Å²) in [6.45, 7) is 4.33. The Morgan fingerprint density at radius 3 is 2.39 bits per heavy atom. The van der Waals surface area contributed by atoms with Crippen LogP contribution in [0, 0.1) is 20.2 Å². The molecule has 8 nitrogen and oxygen atoms in total. The van der Waals surface area contributed by atoms with Crippen LogP contribution < -0.4 is 5.43 Å². The van der Waals surface area contributed by atoms with Gasteiger partial charge in [-0.2, -0.15) is 5.10 Å². The van der Waals surface area contributed by atoms with E-state index in [9.17, 15) is 20.2 Å². The van der Waals surface area contributed by atoms with Gasteiger partial charge in [-0.15, -0.1) is 0 Å². The molecule has 0 saturated heterocycles. The molecule has 8 heteroatoms. The van der Waals surface area contributed by atoms with E-state index in [1.165, 1.54) is 31.4 Å². The number of nitro groups is 2. The van der Waals surface area contributed by atoms with Crippen LogP contribution in [0.4, 0.5) is 17.1 Å². The summed E-state index contributed by atoms with van der Waals surface area (Å²) >= 11 is 0. The molecule has 0 aliphatic carbocycles. The fraction of sp³-hybridized carbons (Fsp3) is 0.550. The number of unbranched alkanes of at least 4 members (excludes halogenated alkanes) is 6. The molecule has 0 spiro atoms. The van der Waals surface area contributed by atoms with Crippen LogP contribution in [0.5, 0.6) is 0 Å². The predicted molar refractivity (Wildman–Crippen MR) is 113 cm³/mol. The fourth-order valence-electron chi connectivity index (χ4n) is 2.72. The van der Waals surface area contributed by atoms with Crippen molar-refractivity contribution in [1.29, 1.82) is 0 Å². The first-order chi connectivity index (χ1) is 13.5. The van der Waals surface area contributed by atoms with Crippen LogP contribution in [-0.2, 0) is 0 Å². The molecule has 0 heterocycles. The highest BCUT2D eigenvalue weighted by Crippen LogP contribution is 2.28. The second-order valence-electron chi connectivity index (χ2n) is 6.67.